The summed E-state index contributed by atoms with van der Waals surface area (Å²) >= 11 is 3.41. The van der Waals surface area contributed by atoms with E-state index in [4.69, 9.17) is 4.74 Å². The van der Waals surface area contributed by atoms with Crippen molar-refractivity contribution in [2.75, 3.05) is 7.11 Å². The van der Waals surface area contributed by atoms with E-state index in [9.17, 15) is 5.11 Å². The van der Waals surface area contributed by atoms with Crippen LogP contribution in [0.25, 0.3) is 0 Å². The summed E-state index contributed by atoms with van der Waals surface area (Å²) in [4.78, 5) is 0. The summed E-state index contributed by atoms with van der Waals surface area (Å²) in [6, 6.07) is 5.81. The molecule has 2 nitrogen and oxygen atoms in total. The van der Waals surface area contributed by atoms with Gasteiger partial charge in [-0.1, -0.05) is 47.7 Å². The zero-order valence-corrected chi connectivity index (χ0v) is 11.7. The number of halogens is 1. The highest BCUT2D eigenvalue weighted by atomic mass is 79.9. The molecule has 1 atom stereocenters. The van der Waals surface area contributed by atoms with Crippen LogP contribution in [0.4, 0.5) is 0 Å². The summed E-state index contributed by atoms with van der Waals surface area (Å²) in [6.07, 6.45) is 5.61. The quantitative estimate of drug-likeness (QED) is 0.908. The van der Waals surface area contributed by atoms with Crippen molar-refractivity contribution in [2.45, 2.75) is 38.2 Å². The molecule has 1 fully saturated rings. The largest absolute Gasteiger partial charge is 0.496 e. The van der Waals surface area contributed by atoms with Crippen LogP contribution >= 0.6 is 15.9 Å². The van der Waals surface area contributed by atoms with Crippen LogP contribution in [-0.4, -0.2) is 12.2 Å². The van der Waals surface area contributed by atoms with Gasteiger partial charge in [0.05, 0.1) is 13.2 Å². The Hall–Kier alpha value is -0.540. The Labute approximate surface area is 111 Å². The van der Waals surface area contributed by atoms with Crippen molar-refractivity contribution in [3.8, 4) is 5.75 Å². The summed E-state index contributed by atoms with van der Waals surface area (Å²) in [5.74, 6) is 1.45. The third kappa shape index (κ3) is 3.23. The minimum atomic E-state index is -0.402. The molecule has 1 unspecified atom stereocenters. The fourth-order valence-electron chi connectivity index (χ4n) is 2.65. The SMILES string of the molecule is COc1cc(Br)ccc1C(O)CC1CCCC1. The van der Waals surface area contributed by atoms with Crippen molar-refractivity contribution in [1.29, 1.82) is 0 Å². The highest BCUT2D eigenvalue weighted by Crippen LogP contribution is 2.36. The zero-order valence-electron chi connectivity index (χ0n) is 10.2. The molecule has 1 N–H and O–H groups in total. The highest BCUT2D eigenvalue weighted by molar-refractivity contribution is 9.10. The lowest BCUT2D eigenvalue weighted by atomic mass is 9.95. The van der Waals surface area contributed by atoms with E-state index in [1.54, 1.807) is 7.11 Å². The lowest BCUT2D eigenvalue weighted by Crippen LogP contribution is -2.06. The van der Waals surface area contributed by atoms with Gasteiger partial charge in [-0.15, -0.1) is 0 Å². The molecule has 0 bridgehead atoms. The number of hydrogen-bond acceptors (Lipinski definition) is 2. The smallest absolute Gasteiger partial charge is 0.125 e. The van der Waals surface area contributed by atoms with Gasteiger partial charge in [-0.3, -0.25) is 0 Å². The van der Waals surface area contributed by atoms with Gasteiger partial charge in [-0.25, -0.2) is 0 Å². The second kappa shape index (κ2) is 5.87. The molecule has 0 aliphatic heterocycles. The predicted molar refractivity (Wildman–Crippen MR) is 72.2 cm³/mol. The molecule has 94 valence electrons. The van der Waals surface area contributed by atoms with Crippen LogP contribution in [0, 0.1) is 5.92 Å². The van der Waals surface area contributed by atoms with Crippen LogP contribution in [0.2, 0.25) is 0 Å². The molecule has 1 saturated carbocycles. The summed E-state index contributed by atoms with van der Waals surface area (Å²) in [6.45, 7) is 0. The Morgan fingerprint density at radius 1 is 1.41 bits per heavy atom. The maximum Gasteiger partial charge on any atom is 0.125 e. The van der Waals surface area contributed by atoms with E-state index in [0.29, 0.717) is 5.92 Å². The van der Waals surface area contributed by atoms with Crippen LogP contribution in [0.5, 0.6) is 5.75 Å². The number of methoxy groups -OCH3 is 1. The Bertz CT molecular complexity index is 372. The van der Waals surface area contributed by atoms with Crippen LogP contribution < -0.4 is 4.74 Å². The summed E-state index contributed by atoms with van der Waals surface area (Å²) in [5.41, 5.74) is 0.905. The molecule has 1 aromatic rings. The Kier molecular flexibility index (Phi) is 4.46. The Morgan fingerprint density at radius 3 is 2.76 bits per heavy atom. The Balaban J connectivity index is 2.09. The second-order valence-electron chi connectivity index (χ2n) is 4.79. The molecule has 0 heterocycles. The maximum atomic E-state index is 10.3. The van der Waals surface area contributed by atoms with Crippen molar-refractivity contribution < 1.29 is 9.84 Å². The monoisotopic (exact) mass is 298 g/mol. The van der Waals surface area contributed by atoms with Crippen molar-refractivity contribution in [3.63, 3.8) is 0 Å². The predicted octanol–water partition coefficient (Wildman–Crippen LogP) is 4.07. The number of rotatable bonds is 4. The first-order chi connectivity index (χ1) is 8.20. The molecule has 0 spiro atoms. The Morgan fingerprint density at radius 2 is 2.12 bits per heavy atom. The molecule has 1 aliphatic carbocycles. The third-order valence-corrected chi connectivity index (χ3v) is 4.08. The van der Waals surface area contributed by atoms with E-state index in [1.807, 2.05) is 18.2 Å². The van der Waals surface area contributed by atoms with E-state index in [2.05, 4.69) is 15.9 Å². The minimum Gasteiger partial charge on any atom is -0.496 e. The molecule has 1 aliphatic rings. The van der Waals surface area contributed by atoms with Crippen LogP contribution in [-0.2, 0) is 0 Å². The van der Waals surface area contributed by atoms with E-state index in [0.717, 1.165) is 22.2 Å². The molecule has 2 rings (SSSR count). The van der Waals surface area contributed by atoms with Gasteiger partial charge in [0.2, 0.25) is 0 Å². The van der Waals surface area contributed by atoms with Crippen molar-refractivity contribution in [1.82, 2.24) is 0 Å². The first kappa shape index (κ1) is 12.9. The van der Waals surface area contributed by atoms with Gasteiger partial charge in [0, 0.05) is 10.0 Å². The standard InChI is InChI=1S/C14H19BrO2/c1-17-14-9-11(15)6-7-12(14)13(16)8-10-4-2-3-5-10/h6-7,9-10,13,16H,2-5,8H2,1H3. The number of aliphatic hydroxyl groups is 1. The molecule has 0 radical (unpaired) electrons. The molecule has 0 amide bonds. The van der Waals surface area contributed by atoms with E-state index >= 15 is 0 Å². The summed E-state index contributed by atoms with van der Waals surface area (Å²) in [5, 5.41) is 10.3. The van der Waals surface area contributed by atoms with E-state index < -0.39 is 6.10 Å². The van der Waals surface area contributed by atoms with Crippen molar-refractivity contribution in [2.24, 2.45) is 5.92 Å². The fraction of sp³-hybridized carbons (Fsp3) is 0.571. The minimum absolute atomic E-state index is 0.402. The lowest BCUT2D eigenvalue weighted by Gasteiger charge is -2.18. The van der Waals surface area contributed by atoms with E-state index in [-0.39, 0.29) is 0 Å². The number of benzene rings is 1. The molecular weight excluding hydrogens is 280 g/mol. The topological polar surface area (TPSA) is 29.5 Å². The molecule has 0 saturated heterocycles. The normalized spacial score (nSPS) is 18.3. The third-order valence-electron chi connectivity index (χ3n) is 3.59. The van der Waals surface area contributed by atoms with Gasteiger partial charge in [0.15, 0.2) is 0 Å². The van der Waals surface area contributed by atoms with E-state index in [1.165, 1.54) is 25.7 Å². The van der Waals surface area contributed by atoms with Crippen LogP contribution in [0.15, 0.2) is 22.7 Å². The zero-order chi connectivity index (χ0) is 12.3. The van der Waals surface area contributed by atoms with Crippen LogP contribution in [0.1, 0.15) is 43.8 Å². The van der Waals surface area contributed by atoms with Gasteiger partial charge in [-0.2, -0.15) is 0 Å². The van der Waals surface area contributed by atoms with Gasteiger partial charge >= 0.3 is 0 Å². The van der Waals surface area contributed by atoms with Crippen LogP contribution in [0.3, 0.4) is 0 Å². The average Bonchev–Trinajstić information content (AvgIpc) is 2.81. The van der Waals surface area contributed by atoms with Gasteiger partial charge < -0.3 is 9.84 Å². The number of hydrogen-bond donors (Lipinski definition) is 1. The first-order valence-electron chi connectivity index (χ1n) is 6.22. The maximum absolute atomic E-state index is 10.3. The fourth-order valence-corrected chi connectivity index (χ4v) is 2.99. The van der Waals surface area contributed by atoms with Gasteiger partial charge in [0.1, 0.15) is 5.75 Å². The highest BCUT2D eigenvalue weighted by Gasteiger charge is 2.21. The number of ether oxygens (including phenoxy) is 1. The van der Waals surface area contributed by atoms with Gasteiger partial charge in [0.25, 0.3) is 0 Å². The average molecular weight is 299 g/mol. The van der Waals surface area contributed by atoms with Gasteiger partial charge in [-0.05, 0) is 24.5 Å². The summed E-state index contributed by atoms with van der Waals surface area (Å²) in [7, 11) is 1.65. The molecule has 17 heavy (non-hydrogen) atoms. The van der Waals surface area contributed by atoms with Crippen molar-refractivity contribution >= 4 is 15.9 Å². The second-order valence-corrected chi connectivity index (χ2v) is 5.70. The lowest BCUT2D eigenvalue weighted by molar-refractivity contribution is 0.141. The molecule has 0 aromatic heterocycles. The molecular formula is C14H19BrO2. The van der Waals surface area contributed by atoms with Crippen molar-refractivity contribution in [3.05, 3.63) is 28.2 Å². The number of aliphatic hydroxyl groups excluding tert-OH is 1. The first-order valence-corrected chi connectivity index (χ1v) is 7.01. The summed E-state index contributed by atoms with van der Waals surface area (Å²) < 4.78 is 6.30. The molecule has 1 aromatic carbocycles. The molecule has 3 heteroatoms.